The molecule has 2 rings (SSSR count). The fourth-order valence-electron chi connectivity index (χ4n) is 2.20. The van der Waals surface area contributed by atoms with Crippen molar-refractivity contribution in [1.29, 1.82) is 0 Å². The number of hydrogen-bond acceptors (Lipinski definition) is 3. The molecule has 1 unspecified atom stereocenters. The molecular formula is C17H19ClN2O2. The lowest BCUT2D eigenvalue weighted by atomic mass is 10.1. The largest absolute Gasteiger partial charge is 0.493 e. The van der Waals surface area contributed by atoms with E-state index in [0.29, 0.717) is 23.9 Å². The molecule has 1 amide bonds. The van der Waals surface area contributed by atoms with E-state index in [4.69, 9.17) is 22.1 Å². The van der Waals surface area contributed by atoms with Crippen LogP contribution in [-0.4, -0.2) is 12.5 Å². The molecule has 4 nitrogen and oxygen atoms in total. The lowest BCUT2D eigenvalue weighted by Gasteiger charge is -2.17. The van der Waals surface area contributed by atoms with E-state index in [-0.39, 0.29) is 0 Å². The summed E-state index contributed by atoms with van der Waals surface area (Å²) in [6, 6.07) is 14.3. The number of amides is 1. The zero-order valence-corrected chi connectivity index (χ0v) is 13.1. The zero-order valence-electron chi connectivity index (χ0n) is 12.4. The van der Waals surface area contributed by atoms with Gasteiger partial charge in [-0.05, 0) is 24.6 Å². The molecule has 1 atom stereocenters. The Morgan fingerprint density at radius 1 is 1.27 bits per heavy atom. The number of benzene rings is 2. The van der Waals surface area contributed by atoms with Crippen LogP contribution in [0.2, 0.25) is 5.02 Å². The number of nitrogens with one attached hydrogen (secondary N) is 1. The number of rotatable bonds is 7. The second-order valence-electron chi connectivity index (χ2n) is 4.81. The van der Waals surface area contributed by atoms with Gasteiger partial charge in [-0.2, -0.15) is 0 Å². The molecule has 22 heavy (non-hydrogen) atoms. The number of carbonyl (C=O) groups is 1. The Hall–Kier alpha value is -2.04. The summed E-state index contributed by atoms with van der Waals surface area (Å²) in [5, 5.41) is 3.79. The molecule has 0 fully saturated rings. The van der Waals surface area contributed by atoms with Gasteiger partial charge in [0, 0.05) is 17.1 Å². The number of hydrogen-bond donors (Lipinski definition) is 2. The maximum atomic E-state index is 11.7. The summed E-state index contributed by atoms with van der Waals surface area (Å²) in [6.45, 7) is 2.91. The first-order valence-electron chi connectivity index (χ1n) is 7.10. The fraction of sp³-hybridized carbons (Fsp3) is 0.235. The van der Waals surface area contributed by atoms with Crippen molar-refractivity contribution in [2.45, 2.75) is 19.5 Å². The molecule has 0 spiro atoms. The number of ether oxygens (including phenoxy) is 1. The summed E-state index contributed by atoms with van der Waals surface area (Å²) in [6.07, 6.45) is 0. The van der Waals surface area contributed by atoms with Gasteiger partial charge >= 0.3 is 0 Å². The SMILES string of the molecule is CCOc1cc(Cl)ccc1CNC(C(N)=O)c1ccccc1. The van der Waals surface area contributed by atoms with Crippen LogP contribution in [0.15, 0.2) is 48.5 Å². The zero-order chi connectivity index (χ0) is 15.9. The smallest absolute Gasteiger partial charge is 0.239 e. The van der Waals surface area contributed by atoms with Crippen molar-refractivity contribution in [2.24, 2.45) is 5.73 Å². The van der Waals surface area contributed by atoms with Crippen LogP contribution in [0.1, 0.15) is 24.1 Å². The Morgan fingerprint density at radius 3 is 2.64 bits per heavy atom. The molecule has 0 bridgehead atoms. The molecule has 0 saturated carbocycles. The highest BCUT2D eigenvalue weighted by Crippen LogP contribution is 2.24. The highest BCUT2D eigenvalue weighted by Gasteiger charge is 2.17. The molecule has 0 aromatic heterocycles. The Morgan fingerprint density at radius 2 is 2.00 bits per heavy atom. The summed E-state index contributed by atoms with van der Waals surface area (Å²) < 4.78 is 5.58. The van der Waals surface area contributed by atoms with Crippen molar-refractivity contribution in [3.63, 3.8) is 0 Å². The number of nitrogens with two attached hydrogens (primary N) is 1. The number of halogens is 1. The van der Waals surface area contributed by atoms with Crippen molar-refractivity contribution in [2.75, 3.05) is 6.61 Å². The highest BCUT2D eigenvalue weighted by atomic mass is 35.5. The summed E-state index contributed by atoms with van der Waals surface area (Å²) in [5.74, 6) is 0.289. The van der Waals surface area contributed by atoms with Crippen LogP contribution in [0.5, 0.6) is 5.75 Å². The molecule has 0 aliphatic rings. The van der Waals surface area contributed by atoms with Gasteiger partial charge in [-0.15, -0.1) is 0 Å². The third-order valence-electron chi connectivity index (χ3n) is 3.24. The highest BCUT2D eigenvalue weighted by molar-refractivity contribution is 6.30. The number of carbonyl (C=O) groups excluding carboxylic acids is 1. The maximum Gasteiger partial charge on any atom is 0.239 e. The van der Waals surface area contributed by atoms with Crippen LogP contribution in [-0.2, 0) is 11.3 Å². The van der Waals surface area contributed by atoms with Gasteiger partial charge in [-0.25, -0.2) is 0 Å². The van der Waals surface area contributed by atoms with Gasteiger partial charge in [0.25, 0.3) is 0 Å². The summed E-state index contributed by atoms with van der Waals surface area (Å²) in [7, 11) is 0. The van der Waals surface area contributed by atoms with Crippen molar-refractivity contribution in [1.82, 2.24) is 5.32 Å². The van der Waals surface area contributed by atoms with Crippen molar-refractivity contribution in [3.05, 3.63) is 64.7 Å². The molecule has 2 aromatic carbocycles. The van der Waals surface area contributed by atoms with Gasteiger partial charge in [-0.1, -0.05) is 48.0 Å². The molecule has 116 valence electrons. The first kappa shape index (κ1) is 16.3. The van der Waals surface area contributed by atoms with E-state index < -0.39 is 11.9 Å². The van der Waals surface area contributed by atoms with E-state index in [1.165, 1.54) is 0 Å². The summed E-state index contributed by atoms with van der Waals surface area (Å²) in [4.78, 5) is 11.7. The topological polar surface area (TPSA) is 64.3 Å². The van der Waals surface area contributed by atoms with Crippen LogP contribution in [0.25, 0.3) is 0 Å². The molecule has 0 heterocycles. The van der Waals surface area contributed by atoms with E-state index in [1.54, 1.807) is 12.1 Å². The van der Waals surface area contributed by atoms with Crippen LogP contribution in [0, 0.1) is 0 Å². The second-order valence-corrected chi connectivity index (χ2v) is 5.25. The lowest BCUT2D eigenvalue weighted by molar-refractivity contribution is -0.120. The van der Waals surface area contributed by atoms with Crippen LogP contribution in [0.3, 0.4) is 0 Å². The van der Waals surface area contributed by atoms with Crippen LogP contribution < -0.4 is 15.8 Å². The van der Waals surface area contributed by atoms with Crippen LogP contribution >= 0.6 is 11.6 Å². The minimum absolute atomic E-state index is 0.418. The minimum atomic E-state index is -0.550. The van der Waals surface area contributed by atoms with E-state index in [0.717, 1.165) is 11.1 Å². The normalized spacial score (nSPS) is 11.9. The average Bonchev–Trinajstić information content (AvgIpc) is 2.50. The Labute approximate surface area is 135 Å². The summed E-state index contributed by atoms with van der Waals surface area (Å²) >= 11 is 5.99. The first-order chi connectivity index (χ1) is 10.6. The third kappa shape index (κ3) is 4.23. The predicted octanol–water partition coefficient (Wildman–Crippen LogP) is 3.05. The van der Waals surface area contributed by atoms with Crippen LogP contribution in [0.4, 0.5) is 0 Å². The lowest BCUT2D eigenvalue weighted by Crippen LogP contribution is -2.33. The molecule has 0 saturated heterocycles. The quantitative estimate of drug-likeness (QED) is 0.824. The maximum absolute atomic E-state index is 11.7. The molecule has 5 heteroatoms. The van der Waals surface area contributed by atoms with Crippen molar-refractivity contribution < 1.29 is 9.53 Å². The Balaban J connectivity index is 2.15. The standard InChI is InChI=1S/C17H19ClN2O2/c1-2-22-15-10-14(18)9-8-13(15)11-20-16(17(19)21)12-6-4-3-5-7-12/h3-10,16,20H,2,11H2,1H3,(H2,19,21). The molecule has 2 aromatic rings. The van der Waals surface area contributed by atoms with Gasteiger partial charge in [0.2, 0.25) is 5.91 Å². The fourth-order valence-corrected chi connectivity index (χ4v) is 2.37. The molecule has 0 radical (unpaired) electrons. The van der Waals surface area contributed by atoms with E-state index in [1.807, 2.05) is 43.3 Å². The predicted molar refractivity (Wildman–Crippen MR) is 87.8 cm³/mol. The van der Waals surface area contributed by atoms with Crippen molar-refractivity contribution >= 4 is 17.5 Å². The summed E-state index contributed by atoms with van der Waals surface area (Å²) in [5.41, 5.74) is 7.26. The van der Waals surface area contributed by atoms with E-state index in [9.17, 15) is 4.79 Å². The van der Waals surface area contributed by atoms with Gasteiger partial charge in [0.15, 0.2) is 0 Å². The molecular weight excluding hydrogens is 300 g/mol. The Kier molecular flexibility index (Phi) is 5.81. The first-order valence-corrected chi connectivity index (χ1v) is 7.48. The van der Waals surface area contributed by atoms with Gasteiger partial charge in [0.1, 0.15) is 11.8 Å². The number of primary amides is 1. The molecule has 0 aliphatic heterocycles. The minimum Gasteiger partial charge on any atom is -0.493 e. The van der Waals surface area contributed by atoms with Gasteiger partial charge in [-0.3, -0.25) is 10.1 Å². The Bertz CT molecular complexity index is 632. The molecule has 3 N–H and O–H groups in total. The van der Waals surface area contributed by atoms with Crippen molar-refractivity contribution in [3.8, 4) is 5.75 Å². The van der Waals surface area contributed by atoms with Gasteiger partial charge in [0.05, 0.1) is 6.61 Å². The third-order valence-corrected chi connectivity index (χ3v) is 3.48. The van der Waals surface area contributed by atoms with Gasteiger partial charge < -0.3 is 10.5 Å². The average molecular weight is 319 g/mol. The monoisotopic (exact) mass is 318 g/mol. The van der Waals surface area contributed by atoms with E-state index >= 15 is 0 Å². The second kappa shape index (κ2) is 7.82. The van der Waals surface area contributed by atoms with E-state index in [2.05, 4.69) is 5.32 Å². The molecule has 0 aliphatic carbocycles.